The Labute approximate surface area is 151 Å². The summed E-state index contributed by atoms with van der Waals surface area (Å²) in [6.07, 6.45) is 8.48. The molecule has 1 saturated carbocycles. The minimum atomic E-state index is -0.476. The Bertz CT molecular complexity index is 999. The largest absolute Gasteiger partial charge is 0.370 e. The van der Waals surface area contributed by atoms with E-state index in [-0.39, 0.29) is 0 Å². The van der Waals surface area contributed by atoms with Gasteiger partial charge in [0.05, 0.1) is 23.4 Å². The molecule has 3 heterocycles. The summed E-state index contributed by atoms with van der Waals surface area (Å²) in [6.45, 7) is 2.17. The molecule has 0 spiro atoms. The van der Waals surface area contributed by atoms with Gasteiger partial charge in [-0.3, -0.25) is 14.5 Å². The number of anilines is 1. The highest BCUT2D eigenvalue weighted by molar-refractivity contribution is 6.05. The highest BCUT2D eigenvalue weighted by atomic mass is 16.1. The van der Waals surface area contributed by atoms with Crippen LogP contribution in [-0.4, -0.2) is 33.8 Å². The quantitative estimate of drug-likeness (QED) is 0.786. The number of carbonyl (C=O) groups is 1. The summed E-state index contributed by atoms with van der Waals surface area (Å²) in [5.41, 5.74) is 10.1. The Morgan fingerprint density at radius 2 is 1.88 bits per heavy atom. The van der Waals surface area contributed by atoms with Crippen LogP contribution in [0, 0.1) is 0 Å². The number of amides is 1. The average molecular weight is 347 g/mol. The molecule has 1 aromatic carbocycles. The van der Waals surface area contributed by atoms with Crippen molar-refractivity contribution in [3.05, 3.63) is 42.4 Å². The van der Waals surface area contributed by atoms with Crippen LogP contribution in [0.2, 0.25) is 0 Å². The summed E-state index contributed by atoms with van der Waals surface area (Å²) >= 11 is 0. The number of primary amides is 1. The van der Waals surface area contributed by atoms with Gasteiger partial charge in [-0.1, -0.05) is 6.07 Å². The third kappa shape index (κ3) is 2.53. The third-order valence-electron chi connectivity index (χ3n) is 5.36. The number of aromatic nitrogens is 3. The maximum Gasteiger partial charge on any atom is 0.269 e. The third-order valence-corrected chi connectivity index (χ3v) is 5.36. The van der Waals surface area contributed by atoms with Crippen LogP contribution in [0.1, 0.15) is 42.2 Å². The minimum absolute atomic E-state index is 0.359. The number of fused-ring (bicyclic) bond motifs is 1. The molecule has 1 saturated heterocycles. The highest BCUT2D eigenvalue weighted by Gasteiger charge is 2.28. The molecule has 2 aliphatic rings. The maximum absolute atomic E-state index is 11.9. The van der Waals surface area contributed by atoms with Gasteiger partial charge in [0.2, 0.25) is 0 Å². The fraction of sp³-hybridized carbons (Fsp3) is 0.350. The smallest absolute Gasteiger partial charge is 0.269 e. The normalized spacial score (nSPS) is 17.2. The van der Waals surface area contributed by atoms with Gasteiger partial charge in [-0.15, -0.1) is 0 Å². The molecule has 132 valence electrons. The Hall–Kier alpha value is -2.89. The van der Waals surface area contributed by atoms with Crippen LogP contribution >= 0.6 is 0 Å². The summed E-state index contributed by atoms with van der Waals surface area (Å²) in [4.78, 5) is 18.7. The second-order valence-electron chi connectivity index (χ2n) is 7.25. The van der Waals surface area contributed by atoms with E-state index in [1.807, 2.05) is 29.2 Å². The number of nitrogens with zero attached hydrogens (tertiary/aromatic N) is 4. The van der Waals surface area contributed by atoms with Gasteiger partial charge in [-0.05, 0) is 49.4 Å². The van der Waals surface area contributed by atoms with E-state index in [1.54, 1.807) is 0 Å². The van der Waals surface area contributed by atoms with E-state index in [9.17, 15) is 4.79 Å². The van der Waals surface area contributed by atoms with E-state index >= 15 is 0 Å². The Kier molecular flexibility index (Phi) is 3.45. The molecule has 0 unspecified atom stereocenters. The monoisotopic (exact) mass is 347 g/mol. The van der Waals surface area contributed by atoms with Gasteiger partial charge in [0.25, 0.3) is 5.91 Å². The van der Waals surface area contributed by atoms with E-state index < -0.39 is 5.91 Å². The van der Waals surface area contributed by atoms with Crippen LogP contribution in [0.15, 0.2) is 36.7 Å². The average Bonchev–Trinajstić information content (AvgIpc) is 3.21. The molecule has 0 atom stereocenters. The van der Waals surface area contributed by atoms with E-state index in [0.717, 1.165) is 53.6 Å². The second-order valence-corrected chi connectivity index (χ2v) is 7.25. The molecule has 1 aliphatic heterocycles. The zero-order valence-electron chi connectivity index (χ0n) is 14.6. The van der Waals surface area contributed by atoms with Crippen LogP contribution in [-0.2, 0) is 0 Å². The second kappa shape index (κ2) is 5.83. The lowest BCUT2D eigenvalue weighted by Gasteiger charge is -2.17. The molecule has 2 fully saturated rings. The number of rotatable bonds is 4. The van der Waals surface area contributed by atoms with Crippen molar-refractivity contribution in [2.75, 3.05) is 18.0 Å². The lowest BCUT2D eigenvalue weighted by Crippen LogP contribution is -2.17. The molecule has 1 aliphatic carbocycles. The van der Waals surface area contributed by atoms with Crippen molar-refractivity contribution in [1.82, 2.24) is 14.8 Å². The zero-order valence-corrected chi connectivity index (χ0v) is 14.6. The van der Waals surface area contributed by atoms with Crippen LogP contribution in [0.3, 0.4) is 0 Å². The van der Waals surface area contributed by atoms with Crippen molar-refractivity contribution in [3.8, 4) is 11.1 Å². The first-order chi connectivity index (χ1) is 12.7. The molecule has 2 N–H and O–H groups in total. The molecule has 1 amide bonds. The highest BCUT2D eigenvalue weighted by Crippen LogP contribution is 2.38. The molecule has 26 heavy (non-hydrogen) atoms. The van der Waals surface area contributed by atoms with E-state index in [2.05, 4.69) is 27.1 Å². The Morgan fingerprint density at radius 3 is 2.62 bits per heavy atom. The number of hydrogen-bond donors (Lipinski definition) is 1. The predicted molar refractivity (Wildman–Crippen MR) is 101 cm³/mol. The molecule has 2 aromatic heterocycles. The summed E-state index contributed by atoms with van der Waals surface area (Å²) in [7, 11) is 0. The van der Waals surface area contributed by atoms with Crippen molar-refractivity contribution < 1.29 is 4.79 Å². The molecule has 0 radical (unpaired) electrons. The zero-order chi connectivity index (χ0) is 17.7. The molecule has 0 bridgehead atoms. The van der Waals surface area contributed by atoms with E-state index in [0.29, 0.717) is 11.7 Å². The van der Waals surface area contributed by atoms with Gasteiger partial charge in [-0.2, -0.15) is 5.10 Å². The number of carbonyl (C=O) groups excluding carboxylic acids is 1. The number of nitrogens with two attached hydrogens (primary N) is 1. The fourth-order valence-corrected chi connectivity index (χ4v) is 3.83. The van der Waals surface area contributed by atoms with Gasteiger partial charge < -0.3 is 10.6 Å². The number of benzene rings is 1. The first-order valence-corrected chi connectivity index (χ1v) is 9.23. The van der Waals surface area contributed by atoms with Gasteiger partial charge >= 0.3 is 0 Å². The number of pyridine rings is 1. The van der Waals surface area contributed by atoms with Crippen LogP contribution in [0.25, 0.3) is 22.0 Å². The van der Waals surface area contributed by atoms with Crippen LogP contribution in [0.5, 0.6) is 0 Å². The molecule has 6 nitrogen and oxygen atoms in total. The van der Waals surface area contributed by atoms with Crippen molar-refractivity contribution in [1.29, 1.82) is 0 Å². The van der Waals surface area contributed by atoms with Crippen molar-refractivity contribution >= 4 is 22.5 Å². The summed E-state index contributed by atoms with van der Waals surface area (Å²) in [5.74, 6) is -0.476. The van der Waals surface area contributed by atoms with Gasteiger partial charge in [0.1, 0.15) is 0 Å². The molecular formula is C20H21N5O. The summed E-state index contributed by atoms with van der Waals surface area (Å²) in [6, 6.07) is 8.72. The first-order valence-electron chi connectivity index (χ1n) is 9.23. The van der Waals surface area contributed by atoms with Crippen molar-refractivity contribution in [2.24, 2.45) is 5.73 Å². The van der Waals surface area contributed by atoms with Crippen molar-refractivity contribution in [3.63, 3.8) is 0 Å². The van der Waals surface area contributed by atoms with E-state index in [1.165, 1.54) is 12.8 Å². The standard InChI is InChI=1S/C20H21N5O/c21-20(26)19-17-10-13(3-6-18(17)25(23-19)15-4-5-15)14-9-16(12-22-11-14)24-7-1-2-8-24/h3,6,9-12,15H,1-2,4-5,7-8H2,(H2,21,26). The summed E-state index contributed by atoms with van der Waals surface area (Å²) < 4.78 is 1.96. The lowest BCUT2D eigenvalue weighted by molar-refractivity contribution is 0.0996. The van der Waals surface area contributed by atoms with Crippen molar-refractivity contribution in [2.45, 2.75) is 31.7 Å². The molecule has 3 aromatic rings. The van der Waals surface area contributed by atoms with Crippen LogP contribution in [0.4, 0.5) is 5.69 Å². The first kappa shape index (κ1) is 15.4. The molecule has 6 heteroatoms. The molecular weight excluding hydrogens is 326 g/mol. The van der Waals surface area contributed by atoms with Crippen LogP contribution < -0.4 is 10.6 Å². The van der Waals surface area contributed by atoms with Gasteiger partial charge in [0, 0.05) is 30.2 Å². The Balaban J connectivity index is 1.60. The topological polar surface area (TPSA) is 77.0 Å². The summed E-state index contributed by atoms with van der Waals surface area (Å²) in [5, 5.41) is 5.31. The maximum atomic E-state index is 11.9. The van der Waals surface area contributed by atoms with E-state index in [4.69, 9.17) is 5.73 Å². The predicted octanol–water partition coefficient (Wildman–Crippen LogP) is 3.13. The number of hydrogen-bond acceptors (Lipinski definition) is 4. The molecule has 5 rings (SSSR count). The van der Waals surface area contributed by atoms with Gasteiger partial charge in [-0.25, -0.2) is 0 Å². The van der Waals surface area contributed by atoms with Gasteiger partial charge in [0.15, 0.2) is 5.69 Å². The SMILES string of the molecule is NC(=O)c1nn(C2CC2)c2ccc(-c3cncc(N4CCCC4)c3)cc12. The fourth-order valence-electron chi connectivity index (χ4n) is 3.83. The lowest BCUT2D eigenvalue weighted by atomic mass is 10.0. The Morgan fingerprint density at radius 1 is 1.08 bits per heavy atom. The minimum Gasteiger partial charge on any atom is -0.370 e.